The van der Waals surface area contributed by atoms with Crippen LogP contribution in [0, 0.1) is 5.41 Å². The molecule has 0 bridgehead atoms. The maximum atomic E-state index is 5.94. The number of fused-ring (bicyclic) bond motifs is 2. The summed E-state index contributed by atoms with van der Waals surface area (Å²) in [4.78, 5) is 7.55. The Kier molecular flexibility index (Phi) is 6.33. The topological polar surface area (TPSA) is 54.2 Å². The van der Waals surface area contributed by atoms with E-state index >= 15 is 0 Å². The van der Waals surface area contributed by atoms with Gasteiger partial charge in [0.2, 0.25) is 0 Å². The quantitative estimate of drug-likeness (QED) is 0.751. The highest BCUT2D eigenvalue weighted by Crippen LogP contribution is 2.36. The van der Waals surface area contributed by atoms with Gasteiger partial charge in [-0.1, -0.05) is 44.2 Å². The second kappa shape index (κ2) is 8.95. The number of nitrogens with one attached hydrogen (secondary N) is 1. The maximum Gasteiger partial charge on any atom is 0.0607 e. The molecule has 1 aromatic heterocycles. The lowest BCUT2D eigenvalue weighted by Crippen LogP contribution is -2.49. The van der Waals surface area contributed by atoms with E-state index in [4.69, 9.17) is 10.7 Å². The van der Waals surface area contributed by atoms with Gasteiger partial charge in [-0.15, -0.1) is 0 Å². The van der Waals surface area contributed by atoms with Gasteiger partial charge in [-0.05, 0) is 66.8 Å². The average molecular weight is 393 g/mol. The Morgan fingerprint density at radius 1 is 1.14 bits per heavy atom. The van der Waals surface area contributed by atoms with E-state index in [0.29, 0.717) is 12.1 Å². The highest BCUT2D eigenvalue weighted by Gasteiger charge is 2.33. The van der Waals surface area contributed by atoms with Crippen molar-refractivity contribution in [3.05, 3.63) is 65.0 Å². The van der Waals surface area contributed by atoms with Gasteiger partial charge in [-0.3, -0.25) is 9.88 Å². The SMILES string of the molecule is CC(C)(CCN)CN(C[C@H]1Cc2ccccc2CN1)[C@H]1CCCc2cccnc21. The summed E-state index contributed by atoms with van der Waals surface area (Å²) in [6, 6.07) is 14.1. The maximum absolute atomic E-state index is 5.94. The van der Waals surface area contributed by atoms with Crippen LogP contribution in [0.5, 0.6) is 0 Å². The summed E-state index contributed by atoms with van der Waals surface area (Å²) in [5.41, 5.74) is 11.8. The second-order valence-electron chi connectivity index (χ2n) is 9.64. The van der Waals surface area contributed by atoms with Gasteiger partial charge in [-0.25, -0.2) is 0 Å². The summed E-state index contributed by atoms with van der Waals surface area (Å²) >= 11 is 0. The van der Waals surface area contributed by atoms with Gasteiger partial charge in [0, 0.05) is 31.9 Å². The van der Waals surface area contributed by atoms with Crippen molar-refractivity contribution >= 4 is 0 Å². The van der Waals surface area contributed by atoms with Crippen LogP contribution in [0.1, 0.15) is 61.5 Å². The summed E-state index contributed by atoms with van der Waals surface area (Å²) in [6.07, 6.45) is 7.73. The third-order valence-corrected chi connectivity index (χ3v) is 6.68. The molecule has 1 aliphatic carbocycles. The molecule has 0 fully saturated rings. The van der Waals surface area contributed by atoms with E-state index in [0.717, 1.165) is 45.4 Å². The first kappa shape index (κ1) is 20.5. The molecule has 4 nitrogen and oxygen atoms in total. The standard InChI is InChI=1S/C25H36N4/c1-25(2,12-13-26)18-29(23-11-5-9-19-10-6-14-27-24(19)23)17-22-15-20-7-3-4-8-21(20)16-28-22/h3-4,6-8,10,14,22-23,28H,5,9,11-13,15-18,26H2,1-2H3/t22-,23+/m1/s1. The Bertz CT molecular complexity index is 816. The minimum atomic E-state index is 0.202. The molecule has 4 heteroatoms. The van der Waals surface area contributed by atoms with Gasteiger partial charge in [0.1, 0.15) is 0 Å². The van der Waals surface area contributed by atoms with Crippen LogP contribution in [0.4, 0.5) is 0 Å². The molecule has 2 heterocycles. The number of benzene rings is 1. The summed E-state index contributed by atoms with van der Waals surface area (Å²) in [5.74, 6) is 0. The van der Waals surface area contributed by atoms with Crippen LogP contribution in [0.15, 0.2) is 42.6 Å². The van der Waals surface area contributed by atoms with E-state index in [1.165, 1.54) is 35.2 Å². The van der Waals surface area contributed by atoms with Crippen LogP contribution >= 0.6 is 0 Å². The molecule has 0 spiro atoms. The lowest BCUT2D eigenvalue weighted by molar-refractivity contribution is 0.0970. The Morgan fingerprint density at radius 2 is 1.93 bits per heavy atom. The molecule has 0 saturated heterocycles. The van der Waals surface area contributed by atoms with Crippen LogP contribution in [0.2, 0.25) is 0 Å². The molecule has 2 aromatic rings. The van der Waals surface area contributed by atoms with Gasteiger partial charge in [-0.2, -0.15) is 0 Å². The second-order valence-corrected chi connectivity index (χ2v) is 9.64. The predicted molar refractivity (Wildman–Crippen MR) is 120 cm³/mol. The molecular weight excluding hydrogens is 356 g/mol. The van der Waals surface area contributed by atoms with Gasteiger partial charge < -0.3 is 11.1 Å². The summed E-state index contributed by atoms with van der Waals surface area (Å²) in [5, 5.41) is 3.80. The van der Waals surface area contributed by atoms with Crippen LogP contribution in [-0.4, -0.2) is 35.6 Å². The van der Waals surface area contributed by atoms with Gasteiger partial charge in [0.15, 0.2) is 0 Å². The molecule has 156 valence electrons. The van der Waals surface area contributed by atoms with Crippen molar-refractivity contribution in [2.45, 2.75) is 64.6 Å². The molecule has 0 saturated carbocycles. The largest absolute Gasteiger partial charge is 0.330 e. The van der Waals surface area contributed by atoms with Crippen molar-refractivity contribution in [2.75, 3.05) is 19.6 Å². The highest BCUT2D eigenvalue weighted by atomic mass is 15.2. The zero-order valence-electron chi connectivity index (χ0n) is 18.0. The zero-order valence-corrected chi connectivity index (χ0v) is 18.0. The number of nitrogens with zero attached hydrogens (tertiary/aromatic N) is 2. The van der Waals surface area contributed by atoms with Gasteiger partial charge in [0.25, 0.3) is 0 Å². The fourth-order valence-corrected chi connectivity index (χ4v) is 5.20. The zero-order chi connectivity index (χ0) is 20.3. The number of nitrogens with two attached hydrogens (primary N) is 1. The highest BCUT2D eigenvalue weighted by molar-refractivity contribution is 5.30. The lowest BCUT2D eigenvalue weighted by atomic mass is 9.85. The fraction of sp³-hybridized carbons (Fsp3) is 0.560. The smallest absolute Gasteiger partial charge is 0.0607 e. The Labute approximate surface area is 175 Å². The molecule has 29 heavy (non-hydrogen) atoms. The molecule has 0 unspecified atom stereocenters. The monoisotopic (exact) mass is 392 g/mol. The van der Waals surface area contributed by atoms with Gasteiger partial charge >= 0.3 is 0 Å². The first-order valence-electron chi connectivity index (χ1n) is 11.2. The molecule has 0 radical (unpaired) electrons. The minimum Gasteiger partial charge on any atom is -0.330 e. The predicted octanol–water partition coefficient (Wildman–Crippen LogP) is 3.85. The van der Waals surface area contributed by atoms with Crippen LogP contribution in [-0.2, 0) is 19.4 Å². The molecule has 2 aliphatic rings. The van der Waals surface area contributed by atoms with Crippen molar-refractivity contribution < 1.29 is 0 Å². The van der Waals surface area contributed by atoms with Crippen molar-refractivity contribution in [1.82, 2.24) is 15.2 Å². The number of rotatable bonds is 7. The Balaban J connectivity index is 1.57. The molecule has 2 atom stereocenters. The summed E-state index contributed by atoms with van der Waals surface area (Å²) < 4.78 is 0. The van der Waals surface area contributed by atoms with Crippen molar-refractivity contribution in [1.29, 1.82) is 0 Å². The van der Waals surface area contributed by atoms with Crippen LogP contribution in [0.25, 0.3) is 0 Å². The molecule has 1 aromatic carbocycles. The number of hydrogen-bond donors (Lipinski definition) is 2. The summed E-state index contributed by atoms with van der Waals surface area (Å²) in [6.45, 7) is 8.56. The first-order chi connectivity index (χ1) is 14.1. The number of aryl methyl sites for hydroxylation is 1. The van der Waals surface area contributed by atoms with Crippen molar-refractivity contribution in [2.24, 2.45) is 11.1 Å². The Hall–Kier alpha value is -1.75. The summed E-state index contributed by atoms with van der Waals surface area (Å²) in [7, 11) is 0. The first-order valence-corrected chi connectivity index (χ1v) is 11.2. The molecule has 1 aliphatic heterocycles. The van der Waals surface area contributed by atoms with E-state index < -0.39 is 0 Å². The lowest BCUT2D eigenvalue weighted by Gasteiger charge is -2.42. The van der Waals surface area contributed by atoms with E-state index in [-0.39, 0.29) is 5.41 Å². The normalized spacial score (nSPS) is 21.7. The fourth-order valence-electron chi connectivity index (χ4n) is 5.20. The van der Waals surface area contributed by atoms with Crippen molar-refractivity contribution in [3.8, 4) is 0 Å². The van der Waals surface area contributed by atoms with Crippen molar-refractivity contribution in [3.63, 3.8) is 0 Å². The Morgan fingerprint density at radius 3 is 2.76 bits per heavy atom. The minimum absolute atomic E-state index is 0.202. The van der Waals surface area contributed by atoms with Crippen LogP contribution in [0.3, 0.4) is 0 Å². The molecule has 4 rings (SSSR count). The number of hydrogen-bond acceptors (Lipinski definition) is 4. The molecule has 0 amide bonds. The van der Waals surface area contributed by atoms with Crippen LogP contribution < -0.4 is 11.1 Å². The van der Waals surface area contributed by atoms with E-state index in [1.54, 1.807) is 0 Å². The average Bonchev–Trinajstić information content (AvgIpc) is 2.72. The third-order valence-electron chi connectivity index (χ3n) is 6.68. The van der Waals surface area contributed by atoms with E-state index in [2.05, 4.69) is 60.5 Å². The van der Waals surface area contributed by atoms with E-state index in [1.807, 2.05) is 6.20 Å². The van der Waals surface area contributed by atoms with Gasteiger partial charge in [0.05, 0.1) is 11.7 Å². The number of aromatic nitrogens is 1. The molecule has 3 N–H and O–H groups in total. The number of pyridine rings is 1. The van der Waals surface area contributed by atoms with E-state index in [9.17, 15) is 0 Å². The molecular formula is C25H36N4. The third kappa shape index (κ3) is 4.88.